The van der Waals surface area contributed by atoms with Gasteiger partial charge in [-0.3, -0.25) is 4.79 Å². The van der Waals surface area contributed by atoms with Gasteiger partial charge in [0.1, 0.15) is 0 Å². The van der Waals surface area contributed by atoms with E-state index in [-0.39, 0.29) is 17.4 Å². The van der Waals surface area contributed by atoms with E-state index in [1.165, 1.54) is 10.4 Å². The first kappa shape index (κ1) is 19.9. The van der Waals surface area contributed by atoms with Gasteiger partial charge in [0.05, 0.1) is 11.5 Å². The predicted molar refractivity (Wildman–Crippen MR) is 97.1 cm³/mol. The molecule has 25 heavy (non-hydrogen) atoms. The normalized spacial score (nSPS) is 18.1. The van der Waals surface area contributed by atoms with Crippen LogP contribution in [0.25, 0.3) is 0 Å². The van der Waals surface area contributed by atoms with Crippen LogP contribution in [0, 0.1) is 19.8 Å². The number of aliphatic hydroxyl groups excluding tert-OH is 1. The largest absolute Gasteiger partial charge is 0.394 e. The third-order valence-corrected chi connectivity index (χ3v) is 6.92. The number of carbonyl (C=O) groups is 1. The molecular formula is C18H28N2O4S. The number of hydrogen-bond donors (Lipinski definition) is 2. The van der Waals surface area contributed by atoms with E-state index in [1.54, 1.807) is 26.8 Å². The number of amides is 1. The van der Waals surface area contributed by atoms with Gasteiger partial charge in [0.2, 0.25) is 10.0 Å². The van der Waals surface area contributed by atoms with Gasteiger partial charge >= 0.3 is 0 Å². The average molecular weight is 368 g/mol. The van der Waals surface area contributed by atoms with E-state index in [4.69, 9.17) is 5.11 Å². The number of sulfonamides is 1. The number of hydrogen-bond acceptors (Lipinski definition) is 4. The van der Waals surface area contributed by atoms with Crippen molar-refractivity contribution in [3.63, 3.8) is 0 Å². The van der Waals surface area contributed by atoms with Gasteiger partial charge in [0.25, 0.3) is 5.91 Å². The Balaban J connectivity index is 2.38. The van der Waals surface area contributed by atoms with E-state index < -0.39 is 16.1 Å². The van der Waals surface area contributed by atoms with Crippen molar-refractivity contribution in [2.75, 3.05) is 19.7 Å². The first-order valence-corrected chi connectivity index (χ1v) is 10.1. The van der Waals surface area contributed by atoms with Crippen LogP contribution in [0.3, 0.4) is 0 Å². The first-order valence-electron chi connectivity index (χ1n) is 8.70. The van der Waals surface area contributed by atoms with E-state index in [0.717, 1.165) is 18.4 Å². The van der Waals surface area contributed by atoms with Crippen LogP contribution in [0.2, 0.25) is 0 Å². The molecular weight excluding hydrogens is 340 g/mol. The summed E-state index contributed by atoms with van der Waals surface area (Å²) in [5.74, 6) is 0.153. The summed E-state index contributed by atoms with van der Waals surface area (Å²) >= 11 is 0. The third kappa shape index (κ3) is 4.40. The van der Waals surface area contributed by atoms with Crippen LogP contribution in [0.4, 0.5) is 0 Å². The summed E-state index contributed by atoms with van der Waals surface area (Å²) in [6, 6.07) is 2.75. The molecule has 2 N–H and O–H groups in total. The number of nitrogens with zero attached hydrogens (tertiary/aromatic N) is 1. The van der Waals surface area contributed by atoms with Crippen molar-refractivity contribution < 1.29 is 18.3 Å². The molecule has 1 aromatic rings. The lowest BCUT2D eigenvalue weighted by Gasteiger charge is -2.30. The first-order chi connectivity index (χ1) is 11.7. The number of benzene rings is 1. The lowest BCUT2D eigenvalue weighted by atomic mass is 10.0. The minimum Gasteiger partial charge on any atom is -0.394 e. The number of piperidine rings is 1. The van der Waals surface area contributed by atoms with Gasteiger partial charge in [-0.05, 0) is 62.8 Å². The minimum absolute atomic E-state index is 0.173. The number of aryl methyl sites for hydroxylation is 1. The van der Waals surface area contributed by atoms with Gasteiger partial charge in [-0.25, -0.2) is 8.42 Å². The van der Waals surface area contributed by atoms with Crippen LogP contribution >= 0.6 is 0 Å². The molecule has 1 fully saturated rings. The topological polar surface area (TPSA) is 86.7 Å². The number of rotatable bonds is 5. The lowest BCUT2D eigenvalue weighted by Crippen LogP contribution is -2.38. The summed E-state index contributed by atoms with van der Waals surface area (Å²) < 4.78 is 27.7. The highest BCUT2D eigenvalue weighted by Gasteiger charge is 2.30. The Hall–Kier alpha value is -1.44. The Labute approximate surface area is 150 Å². The van der Waals surface area contributed by atoms with Gasteiger partial charge in [0, 0.05) is 24.7 Å². The van der Waals surface area contributed by atoms with E-state index >= 15 is 0 Å². The fourth-order valence-corrected chi connectivity index (χ4v) is 4.74. The van der Waals surface area contributed by atoms with Crippen molar-refractivity contribution >= 4 is 15.9 Å². The summed E-state index contributed by atoms with van der Waals surface area (Å²) in [6.07, 6.45) is 1.71. The van der Waals surface area contributed by atoms with Crippen molar-refractivity contribution in [2.24, 2.45) is 5.92 Å². The lowest BCUT2D eigenvalue weighted by molar-refractivity contribution is 0.0922. The van der Waals surface area contributed by atoms with Crippen LogP contribution in [0.15, 0.2) is 17.0 Å². The monoisotopic (exact) mass is 368 g/mol. The third-order valence-electron chi connectivity index (χ3n) is 4.89. The van der Waals surface area contributed by atoms with Crippen LogP contribution in [0.1, 0.15) is 48.2 Å². The molecule has 1 unspecified atom stereocenters. The highest BCUT2D eigenvalue weighted by atomic mass is 32.2. The molecule has 1 amide bonds. The zero-order chi connectivity index (χ0) is 18.8. The zero-order valence-corrected chi connectivity index (χ0v) is 16.2. The summed E-state index contributed by atoms with van der Waals surface area (Å²) in [4.78, 5) is 12.5. The molecule has 0 aromatic heterocycles. The molecule has 1 aliphatic rings. The molecule has 1 heterocycles. The molecule has 1 saturated heterocycles. The van der Waals surface area contributed by atoms with Crippen LogP contribution < -0.4 is 5.32 Å². The highest BCUT2D eigenvalue weighted by Crippen LogP contribution is 2.28. The van der Waals surface area contributed by atoms with E-state index in [2.05, 4.69) is 12.2 Å². The standard InChI is InChI=1S/C18H28N2O4S/c1-12-5-7-20(8-6-12)25(23,24)17-10-16(9-13(2)15(17)4)18(22)19-14(3)11-21/h9-10,12,14,21H,5-8,11H2,1-4H3,(H,19,22). The van der Waals surface area contributed by atoms with Crippen molar-refractivity contribution in [3.05, 3.63) is 28.8 Å². The average Bonchev–Trinajstić information content (AvgIpc) is 2.57. The molecule has 0 spiro atoms. The summed E-state index contributed by atoms with van der Waals surface area (Å²) in [7, 11) is -3.62. The Kier molecular flexibility index (Phi) is 6.24. The Bertz CT molecular complexity index is 738. The zero-order valence-electron chi connectivity index (χ0n) is 15.4. The number of carbonyl (C=O) groups excluding carboxylic acids is 1. The Morgan fingerprint density at radius 1 is 1.32 bits per heavy atom. The van der Waals surface area contributed by atoms with Gasteiger partial charge in [0.15, 0.2) is 0 Å². The molecule has 0 aliphatic carbocycles. The molecule has 1 aromatic carbocycles. The second kappa shape index (κ2) is 7.85. The van der Waals surface area contributed by atoms with Gasteiger partial charge in [-0.15, -0.1) is 0 Å². The second-order valence-electron chi connectivity index (χ2n) is 7.06. The van der Waals surface area contributed by atoms with Crippen molar-refractivity contribution in [2.45, 2.75) is 51.5 Å². The van der Waals surface area contributed by atoms with Crippen LogP contribution in [-0.4, -0.2) is 49.5 Å². The van der Waals surface area contributed by atoms with Gasteiger partial charge in [-0.1, -0.05) is 6.92 Å². The number of aliphatic hydroxyl groups is 1. The van der Waals surface area contributed by atoms with Crippen LogP contribution in [0.5, 0.6) is 0 Å². The number of nitrogens with one attached hydrogen (secondary N) is 1. The van der Waals surface area contributed by atoms with Crippen LogP contribution in [-0.2, 0) is 10.0 Å². The quantitative estimate of drug-likeness (QED) is 0.830. The SMILES string of the molecule is Cc1cc(C(=O)NC(C)CO)cc(S(=O)(=O)N2CCC(C)CC2)c1C. The Morgan fingerprint density at radius 3 is 2.48 bits per heavy atom. The molecule has 140 valence electrons. The van der Waals surface area contributed by atoms with E-state index in [9.17, 15) is 13.2 Å². The van der Waals surface area contributed by atoms with E-state index in [1.807, 2.05) is 0 Å². The van der Waals surface area contributed by atoms with Crippen molar-refractivity contribution in [1.29, 1.82) is 0 Å². The molecule has 6 nitrogen and oxygen atoms in total. The fourth-order valence-electron chi connectivity index (χ4n) is 2.94. The van der Waals surface area contributed by atoms with Gasteiger partial charge in [-0.2, -0.15) is 4.31 Å². The minimum atomic E-state index is -3.62. The molecule has 7 heteroatoms. The smallest absolute Gasteiger partial charge is 0.251 e. The molecule has 2 rings (SSSR count). The molecule has 1 atom stereocenters. The summed E-state index contributed by atoms with van der Waals surface area (Å²) in [5, 5.41) is 11.7. The van der Waals surface area contributed by atoms with Gasteiger partial charge < -0.3 is 10.4 Å². The maximum atomic E-state index is 13.1. The predicted octanol–water partition coefficient (Wildman–Crippen LogP) is 1.83. The summed E-state index contributed by atoms with van der Waals surface area (Å²) in [6.45, 7) is 8.25. The maximum absolute atomic E-state index is 13.1. The van der Waals surface area contributed by atoms with Crippen molar-refractivity contribution in [1.82, 2.24) is 9.62 Å². The molecule has 1 aliphatic heterocycles. The van der Waals surface area contributed by atoms with E-state index in [0.29, 0.717) is 30.1 Å². The van der Waals surface area contributed by atoms with Crippen molar-refractivity contribution in [3.8, 4) is 0 Å². The maximum Gasteiger partial charge on any atom is 0.251 e. The highest BCUT2D eigenvalue weighted by molar-refractivity contribution is 7.89. The molecule has 0 radical (unpaired) electrons. The molecule has 0 saturated carbocycles. The summed E-state index contributed by atoms with van der Waals surface area (Å²) in [5.41, 5.74) is 1.73. The second-order valence-corrected chi connectivity index (χ2v) is 8.97. The fraction of sp³-hybridized carbons (Fsp3) is 0.611. The molecule has 0 bridgehead atoms. The Morgan fingerprint density at radius 2 is 1.92 bits per heavy atom.